The smallest absolute Gasteiger partial charge is 0.272 e. The van der Waals surface area contributed by atoms with Gasteiger partial charge in [0.25, 0.3) is 5.92 Å². The molecule has 1 aliphatic rings. The highest BCUT2D eigenvalue weighted by Gasteiger charge is 2.25. The standard InChI is InChI=1S/C25H21F3N6O/c1-25(27,28)19-10-21(14-29-13-19)32-23(35)9-17-6-5-16(8-22(17)26)18-11-30-24(31-12-18)33-20-4-3-7-34(2)15-20/h4-8,10-15H,9H2,1-2H3,(H,32,35)(H,30,31,33). The normalized spacial score (nSPS) is 12.9. The second-order valence-electron chi connectivity index (χ2n) is 7.99. The Morgan fingerprint density at radius 1 is 1.11 bits per heavy atom. The number of rotatable bonds is 7. The largest absolute Gasteiger partial charge is 0.349 e. The Hall–Kier alpha value is -4.43. The predicted octanol–water partition coefficient (Wildman–Crippen LogP) is 4.84. The maximum Gasteiger partial charge on any atom is 0.272 e. The molecule has 3 aromatic rings. The Morgan fingerprint density at radius 3 is 2.57 bits per heavy atom. The minimum Gasteiger partial charge on any atom is -0.349 e. The first kappa shape index (κ1) is 23.7. The first-order chi connectivity index (χ1) is 16.7. The zero-order valence-corrected chi connectivity index (χ0v) is 18.9. The highest BCUT2D eigenvalue weighted by molar-refractivity contribution is 5.92. The van der Waals surface area contributed by atoms with Crippen LogP contribution in [-0.4, -0.2) is 32.8 Å². The molecule has 0 bridgehead atoms. The molecule has 35 heavy (non-hydrogen) atoms. The summed E-state index contributed by atoms with van der Waals surface area (Å²) in [6.07, 6.45) is 10.5. The van der Waals surface area contributed by atoms with Crippen LogP contribution < -0.4 is 10.6 Å². The van der Waals surface area contributed by atoms with Crippen molar-refractivity contribution in [2.24, 2.45) is 0 Å². The van der Waals surface area contributed by atoms with Crippen LogP contribution in [0, 0.1) is 5.82 Å². The number of hydrogen-bond acceptors (Lipinski definition) is 6. The number of pyridine rings is 1. The Morgan fingerprint density at radius 2 is 1.89 bits per heavy atom. The van der Waals surface area contributed by atoms with Crippen LogP contribution in [0.4, 0.5) is 24.8 Å². The fourth-order valence-electron chi connectivity index (χ4n) is 3.27. The summed E-state index contributed by atoms with van der Waals surface area (Å²) in [6.45, 7) is 0.740. The van der Waals surface area contributed by atoms with E-state index in [0.29, 0.717) is 17.1 Å². The minimum absolute atomic E-state index is 0.110. The summed E-state index contributed by atoms with van der Waals surface area (Å²) in [6, 6.07) is 5.58. The van der Waals surface area contributed by atoms with Gasteiger partial charge in [-0.3, -0.25) is 9.78 Å². The number of carbonyl (C=O) groups excluding carboxylic acids is 1. The van der Waals surface area contributed by atoms with Crippen molar-refractivity contribution in [3.63, 3.8) is 0 Å². The molecule has 3 heterocycles. The zero-order chi connectivity index (χ0) is 25.0. The molecular weight excluding hydrogens is 457 g/mol. The Kier molecular flexibility index (Phi) is 6.66. The van der Waals surface area contributed by atoms with Crippen LogP contribution in [0.2, 0.25) is 0 Å². The average molecular weight is 478 g/mol. The number of carbonyl (C=O) groups is 1. The van der Waals surface area contributed by atoms with E-state index in [2.05, 4.69) is 31.3 Å². The topological polar surface area (TPSA) is 83.0 Å². The third-order valence-corrected chi connectivity index (χ3v) is 5.03. The van der Waals surface area contributed by atoms with E-state index >= 15 is 0 Å². The molecular formula is C25H21F3N6O. The Labute approximate surface area is 199 Å². The van der Waals surface area contributed by atoms with E-state index in [1.165, 1.54) is 18.3 Å². The van der Waals surface area contributed by atoms with Crippen LogP contribution in [0.1, 0.15) is 18.1 Å². The molecule has 0 saturated heterocycles. The second kappa shape index (κ2) is 9.82. The molecule has 0 radical (unpaired) electrons. The summed E-state index contributed by atoms with van der Waals surface area (Å²) in [5.41, 5.74) is 4.82. The lowest BCUT2D eigenvalue weighted by Crippen LogP contribution is -2.16. The lowest BCUT2D eigenvalue weighted by molar-refractivity contribution is -0.115. The SMILES string of the molecule is CN1C=C=CC(Nc2ncc(-c3ccc(CC(=O)Nc4cncc(C(C)(F)F)c4)c(F)c3)cn2)=C1. The van der Waals surface area contributed by atoms with Crippen LogP contribution in [-0.2, 0) is 17.1 Å². The molecule has 1 amide bonds. The van der Waals surface area contributed by atoms with Crippen molar-refractivity contribution < 1.29 is 18.0 Å². The minimum atomic E-state index is -3.09. The first-order valence-corrected chi connectivity index (χ1v) is 10.5. The molecule has 0 aliphatic carbocycles. The number of aromatic nitrogens is 3. The fourth-order valence-corrected chi connectivity index (χ4v) is 3.27. The van der Waals surface area contributed by atoms with Crippen LogP contribution in [0.25, 0.3) is 11.1 Å². The van der Waals surface area contributed by atoms with Crippen molar-refractivity contribution in [3.05, 3.63) is 95.9 Å². The predicted molar refractivity (Wildman–Crippen MR) is 126 cm³/mol. The van der Waals surface area contributed by atoms with Crippen LogP contribution in [0.3, 0.4) is 0 Å². The molecule has 0 atom stereocenters. The van der Waals surface area contributed by atoms with Crippen molar-refractivity contribution in [2.75, 3.05) is 17.7 Å². The second-order valence-corrected chi connectivity index (χ2v) is 7.99. The third-order valence-electron chi connectivity index (χ3n) is 5.03. The monoisotopic (exact) mass is 478 g/mol. The van der Waals surface area contributed by atoms with E-state index in [9.17, 15) is 18.0 Å². The van der Waals surface area contributed by atoms with E-state index in [1.807, 2.05) is 18.1 Å². The number of hydrogen-bond donors (Lipinski definition) is 2. The molecule has 1 aliphatic heterocycles. The number of alkyl halides is 2. The van der Waals surface area contributed by atoms with Gasteiger partial charge in [-0.2, -0.15) is 0 Å². The van der Waals surface area contributed by atoms with Crippen molar-refractivity contribution >= 4 is 17.5 Å². The molecule has 0 unspecified atom stereocenters. The number of allylic oxidation sites excluding steroid dienone is 1. The van der Waals surface area contributed by atoms with E-state index in [4.69, 9.17) is 0 Å². The lowest BCUT2D eigenvalue weighted by atomic mass is 10.0. The summed E-state index contributed by atoms with van der Waals surface area (Å²) < 4.78 is 41.6. The van der Waals surface area contributed by atoms with Crippen LogP contribution in [0.5, 0.6) is 0 Å². The molecule has 2 N–H and O–H groups in total. The Bertz CT molecular complexity index is 1340. The van der Waals surface area contributed by atoms with Gasteiger partial charge in [-0.25, -0.2) is 23.1 Å². The summed E-state index contributed by atoms with van der Waals surface area (Å²) in [5.74, 6) is -3.85. The molecule has 0 spiro atoms. The molecule has 2 aromatic heterocycles. The third kappa shape index (κ3) is 6.13. The quantitative estimate of drug-likeness (QED) is 0.473. The number of anilines is 2. The fraction of sp³-hybridized carbons (Fsp3) is 0.160. The van der Waals surface area contributed by atoms with Gasteiger partial charge in [0.2, 0.25) is 11.9 Å². The molecule has 7 nitrogen and oxygen atoms in total. The number of amides is 1. The van der Waals surface area contributed by atoms with Gasteiger partial charge in [-0.05, 0) is 23.3 Å². The maximum atomic E-state index is 14.7. The van der Waals surface area contributed by atoms with E-state index < -0.39 is 17.6 Å². The first-order valence-electron chi connectivity index (χ1n) is 10.5. The van der Waals surface area contributed by atoms with E-state index in [0.717, 1.165) is 24.9 Å². The molecule has 178 valence electrons. The summed E-state index contributed by atoms with van der Waals surface area (Å²) in [7, 11) is 1.87. The van der Waals surface area contributed by atoms with Gasteiger partial charge in [0.15, 0.2) is 0 Å². The zero-order valence-electron chi connectivity index (χ0n) is 18.9. The summed E-state index contributed by atoms with van der Waals surface area (Å²) in [5, 5.41) is 5.53. The van der Waals surface area contributed by atoms with E-state index in [1.54, 1.807) is 30.7 Å². The maximum absolute atomic E-state index is 14.7. The van der Waals surface area contributed by atoms with Gasteiger partial charge < -0.3 is 15.5 Å². The van der Waals surface area contributed by atoms with Gasteiger partial charge in [0.05, 0.1) is 24.0 Å². The van der Waals surface area contributed by atoms with Gasteiger partial charge in [-0.15, -0.1) is 5.73 Å². The summed E-state index contributed by atoms with van der Waals surface area (Å²) >= 11 is 0. The van der Waals surface area contributed by atoms with E-state index in [-0.39, 0.29) is 23.2 Å². The highest BCUT2D eigenvalue weighted by atomic mass is 19.3. The van der Waals surface area contributed by atoms with Gasteiger partial charge in [0, 0.05) is 62.2 Å². The van der Waals surface area contributed by atoms with Crippen LogP contribution >= 0.6 is 0 Å². The summed E-state index contributed by atoms with van der Waals surface area (Å²) in [4.78, 5) is 26.4. The molecule has 1 aromatic carbocycles. The molecule has 0 saturated carbocycles. The van der Waals surface area contributed by atoms with Crippen molar-refractivity contribution in [3.8, 4) is 11.1 Å². The highest BCUT2D eigenvalue weighted by Crippen LogP contribution is 2.28. The number of nitrogens with zero attached hydrogens (tertiary/aromatic N) is 4. The molecule has 0 fully saturated rings. The lowest BCUT2D eigenvalue weighted by Gasteiger charge is -2.13. The molecule has 4 rings (SSSR count). The van der Waals surface area contributed by atoms with Gasteiger partial charge in [-0.1, -0.05) is 12.1 Å². The van der Waals surface area contributed by atoms with Crippen molar-refractivity contribution in [1.29, 1.82) is 0 Å². The van der Waals surface area contributed by atoms with Crippen molar-refractivity contribution in [2.45, 2.75) is 19.3 Å². The number of nitrogens with one attached hydrogen (secondary N) is 2. The number of halogens is 3. The van der Waals surface area contributed by atoms with Gasteiger partial charge in [0.1, 0.15) is 5.82 Å². The Balaban J connectivity index is 1.41. The average Bonchev–Trinajstić information content (AvgIpc) is 2.80. The van der Waals surface area contributed by atoms with Gasteiger partial charge >= 0.3 is 0 Å². The molecule has 10 heteroatoms. The number of benzene rings is 1. The van der Waals surface area contributed by atoms with Crippen LogP contribution in [0.15, 0.2) is 79.0 Å². The van der Waals surface area contributed by atoms with Crippen molar-refractivity contribution in [1.82, 2.24) is 19.9 Å².